The first-order valence-electron chi connectivity index (χ1n) is 7.88. The SMILES string of the molecule is COC(=O)c1ccc(-c2nc(C)oc2-c2ccc(C(=O)OC)cc2)cc1. The van der Waals surface area contributed by atoms with Crippen molar-refractivity contribution >= 4 is 11.9 Å². The van der Waals surface area contributed by atoms with E-state index in [1.807, 2.05) is 0 Å². The molecule has 0 unspecified atom stereocenters. The second-order valence-corrected chi connectivity index (χ2v) is 5.55. The molecular weight excluding hydrogens is 334 g/mol. The number of carbonyl (C=O) groups excluding carboxylic acids is 2. The largest absolute Gasteiger partial charge is 0.465 e. The van der Waals surface area contributed by atoms with E-state index < -0.39 is 11.9 Å². The van der Waals surface area contributed by atoms with E-state index in [-0.39, 0.29) is 0 Å². The van der Waals surface area contributed by atoms with Crippen molar-refractivity contribution in [2.75, 3.05) is 14.2 Å². The van der Waals surface area contributed by atoms with Crippen LogP contribution < -0.4 is 0 Å². The smallest absolute Gasteiger partial charge is 0.337 e. The van der Waals surface area contributed by atoms with E-state index in [4.69, 9.17) is 13.9 Å². The van der Waals surface area contributed by atoms with Gasteiger partial charge in [-0.05, 0) is 24.3 Å². The summed E-state index contributed by atoms with van der Waals surface area (Å²) >= 11 is 0. The maximum Gasteiger partial charge on any atom is 0.337 e. The van der Waals surface area contributed by atoms with E-state index in [2.05, 4.69) is 4.98 Å². The fourth-order valence-corrected chi connectivity index (χ4v) is 2.58. The lowest BCUT2D eigenvalue weighted by Gasteiger charge is -2.04. The van der Waals surface area contributed by atoms with Crippen molar-refractivity contribution in [1.29, 1.82) is 0 Å². The monoisotopic (exact) mass is 351 g/mol. The van der Waals surface area contributed by atoms with Gasteiger partial charge in [-0.1, -0.05) is 24.3 Å². The van der Waals surface area contributed by atoms with Crippen molar-refractivity contribution in [3.05, 3.63) is 65.5 Å². The van der Waals surface area contributed by atoms with Gasteiger partial charge in [-0.3, -0.25) is 0 Å². The predicted molar refractivity (Wildman–Crippen MR) is 94.8 cm³/mol. The quantitative estimate of drug-likeness (QED) is 0.664. The molecule has 0 aliphatic heterocycles. The fourth-order valence-electron chi connectivity index (χ4n) is 2.58. The van der Waals surface area contributed by atoms with Crippen molar-refractivity contribution in [3.8, 4) is 22.6 Å². The lowest BCUT2D eigenvalue weighted by Crippen LogP contribution is -2.00. The number of methoxy groups -OCH3 is 2. The van der Waals surface area contributed by atoms with Crippen LogP contribution in [0.2, 0.25) is 0 Å². The molecule has 0 saturated carbocycles. The molecule has 0 amide bonds. The number of hydrogen-bond donors (Lipinski definition) is 0. The lowest BCUT2D eigenvalue weighted by atomic mass is 10.0. The molecule has 0 atom stereocenters. The van der Waals surface area contributed by atoms with Crippen LogP contribution in [0.3, 0.4) is 0 Å². The van der Waals surface area contributed by atoms with Gasteiger partial charge in [0.05, 0.1) is 25.3 Å². The van der Waals surface area contributed by atoms with E-state index in [9.17, 15) is 9.59 Å². The summed E-state index contributed by atoms with van der Waals surface area (Å²) in [5.74, 6) is 0.309. The van der Waals surface area contributed by atoms with Crippen LogP contribution in [0.4, 0.5) is 0 Å². The number of hydrogen-bond acceptors (Lipinski definition) is 6. The van der Waals surface area contributed by atoms with Gasteiger partial charge in [0.25, 0.3) is 0 Å². The summed E-state index contributed by atoms with van der Waals surface area (Å²) in [5.41, 5.74) is 3.16. The summed E-state index contributed by atoms with van der Waals surface area (Å²) in [6, 6.07) is 13.8. The molecule has 0 spiro atoms. The molecule has 0 saturated heterocycles. The zero-order chi connectivity index (χ0) is 18.7. The maximum atomic E-state index is 11.6. The molecule has 1 aromatic heterocycles. The minimum absolute atomic E-state index is 0.397. The van der Waals surface area contributed by atoms with Crippen molar-refractivity contribution < 1.29 is 23.5 Å². The molecular formula is C20H17NO5. The zero-order valence-electron chi connectivity index (χ0n) is 14.6. The molecule has 26 heavy (non-hydrogen) atoms. The number of nitrogens with zero attached hydrogens (tertiary/aromatic N) is 1. The van der Waals surface area contributed by atoms with Crippen LogP contribution in [0.25, 0.3) is 22.6 Å². The minimum atomic E-state index is -0.399. The van der Waals surface area contributed by atoms with Gasteiger partial charge in [0.1, 0.15) is 5.69 Å². The Kier molecular flexibility index (Phi) is 4.84. The Morgan fingerprint density at radius 3 is 1.73 bits per heavy atom. The minimum Gasteiger partial charge on any atom is -0.465 e. The van der Waals surface area contributed by atoms with Gasteiger partial charge in [-0.15, -0.1) is 0 Å². The Balaban J connectivity index is 1.98. The van der Waals surface area contributed by atoms with Crippen LogP contribution in [-0.2, 0) is 9.47 Å². The molecule has 6 nitrogen and oxygen atoms in total. The Hall–Kier alpha value is -3.41. The summed E-state index contributed by atoms with van der Waals surface area (Å²) in [5, 5.41) is 0. The molecule has 132 valence electrons. The summed E-state index contributed by atoms with van der Waals surface area (Å²) in [4.78, 5) is 27.6. The molecule has 0 aliphatic rings. The van der Waals surface area contributed by atoms with Gasteiger partial charge in [0.2, 0.25) is 0 Å². The van der Waals surface area contributed by atoms with Gasteiger partial charge >= 0.3 is 11.9 Å². The third kappa shape index (κ3) is 3.35. The zero-order valence-corrected chi connectivity index (χ0v) is 14.6. The molecule has 0 N–H and O–H groups in total. The van der Waals surface area contributed by atoms with Crippen LogP contribution in [0.1, 0.15) is 26.6 Å². The molecule has 6 heteroatoms. The second-order valence-electron chi connectivity index (χ2n) is 5.55. The predicted octanol–water partition coefficient (Wildman–Crippen LogP) is 3.89. The van der Waals surface area contributed by atoms with E-state index in [1.54, 1.807) is 55.5 Å². The summed E-state index contributed by atoms with van der Waals surface area (Å²) in [7, 11) is 2.68. The average Bonchev–Trinajstić information content (AvgIpc) is 3.08. The summed E-state index contributed by atoms with van der Waals surface area (Å²) in [6.45, 7) is 1.76. The Morgan fingerprint density at radius 2 is 1.27 bits per heavy atom. The van der Waals surface area contributed by atoms with E-state index in [1.165, 1.54) is 14.2 Å². The van der Waals surface area contributed by atoms with Crippen LogP contribution in [-0.4, -0.2) is 31.1 Å². The number of oxazole rings is 1. The van der Waals surface area contributed by atoms with E-state index in [0.29, 0.717) is 28.5 Å². The van der Waals surface area contributed by atoms with Gasteiger partial charge in [-0.2, -0.15) is 0 Å². The lowest BCUT2D eigenvalue weighted by molar-refractivity contribution is 0.0592. The summed E-state index contributed by atoms with van der Waals surface area (Å²) in [6.07, 6.45) is 0. The van der Waals surface area contributed by atoms with Crippen molar-refractivity contribution in [2.45, 2.75) is 6.92 Å². The molecule has 0 fully saturated rings. The second kappa shape index (κ2) is 7.23. The molecule has 0 aliphatic carbocycles. The summed E-state index contributed by atoms with van der Waals surface area (Å²) < 4.78 is 15.2. The highest BCUT2D eigenvalue weighted by Gasteiger charge is 2.16. The first kappa shape index (κ1) is 17.4. The Morgan fingerprint density at radius 1 is 0.808 bits per heavy atom. The number of aryl methyl sites for hydroxylation is 1. The van der Waals surface area contributed by atoms with Crippen LogP contribution in [0.15, 0.2) is 52.9 Å². The van der Waals surface area contributed by atoms with Crippen LogP contribution >= 0.6 is 0 Å². The van der Waals surface area contributed by atoms with Crippen molar-refractivity contribution in [3.63, 3.8) is 0 Å². The first-order valence-corrected chi connectivity index (χ1v) is 7.88. The highest BCUT2D eigenvalue weighted by Crippen LogP contribution is 2.33. The molecule has 2 aromatic carbocycles. The molecule has 3 aromatic rings. The topological polar surface area (TPSA) is 78.6 Å². The van der Waals surface area contributed by atoms with Crippen molar-refractivity contribution in [2.24, 2.45) is 0 Å². The van der Waals surface area contributed by atoms with Gasteiger partial charge in [-0.25, -0.2) is 14.6 Å². The van der Waals surface area contributed by atoms with Gasteiger partial charge in [0.15, 0.2) is 11.7 Å². The van der Waals surface area contributed by atoms with E-state index in [0.717, 1.165) is 11.1 Å². The standard InChI is InChI=1S/C20H17NO5/c1-12-21-17(13-4-8-15(9-5-13)19(22)24-2)18(26-12)14-6-10-16(11-7-14)20(23)25-3/h4-11H,1-3H3. The average molecular weight is 351 g/mol. The fraction of sp³-hybridized carbons (Fsp3) is 0.150. The highest BCUT2D eigenvalue weighted by atomic mass is 16.5. The Bertz CT molecular complexity index is 862. The molecule has 0 radical (unpaired) electrons. The third-order valence-corrected chi connectivity index (χ3v) is 3.88. The number of esters is 2. The van der Waals surface area contributed by atoms with Gasteiger partial charge in [0, 0.05) is 18.1 Å². The highest BCUT2D eigenvalue weighted by molar-refractivity contribution is 5.91. The molecule has 3 rings (SSSR count). The van der Waals surface area contributed by atoms with Crippen molar-refractivity contribution in [1.82, 2.24) is 4.98 Å². The number of ether oxygens (including phenoxy) is 2. The van der Waals surface area contributed by atoms with E-state index >= 15 is 0 Å². The number of aromatic nitrogens is 1. The molecule has 0 bridgehead atoms. The number of rotatable bonds is 4. The normalized spacial score (nSPS) is 10.4. The number of benzene rings is 2. The number of carbonyl (C=O) groups is 2. The van der Waals surface area contributed by atoms with Crippen LogP contribution in [0, 0.1) is 6.92 Å². The third-order valence-electron chi connectivity index (χ3n) is 3.88. The molecule has 1 heterocycles. The maximum absolute atomic E-state index is 11.6. The first-order chi connectivity index (χ1) is 12.5. The Labute approximate surface area is 150 Å². The van der Waals surface area contributed by atoms with Crippen LogP contribution in [0.5, 0.6) is 0 Å². The van der Waals surface area contributed by atoms with Gasteiger partial charge < -0.3 is 13.9 Å².